The molecule has 1 atom stereocenters. The van der Waals surface area contributed by atoms with Crippen molar-refractivity contribution in [3.8, 4) is 0 Å². The van der Waals surface area contributed by atoms with E-state index in [0.29, 0.717) is 13.1 Å². The van der Waals surface area contributed by atoms with Gasteiger partial charge in [-0.3, -0.25) is 4.79 Å². The van der Waals surface area contributed by atoms with Crippen molar-refractivity contribution in [1.29, 1.82) is 0 Å². The average molecular weight is 333 g/mol. The van der Waals surface area contributed by atoms with Crippen molar-refractivity contribution in [3.05, 3.63) is 28.8 Å². The van der Waals surface area contributed by atoms with Crippen LogP contribution in [0.5, 0.6) is 0 Å². The third kappa shape index (κ3) is 4.43. The van der Waals surface area contributed by atoms with Crippen LogP contribution in [0.2, 0.25) is 5.02 Å². The van der Waals surface area contributed by atoms with Gasteiger partial charge in [-0.1, -0.05) is 17.7 Å². The Kier molecular flexibility index (Phi) is 6.19. The van der Waals surface area contributed by atoms with Gasteiger partial charge in [0.25, 0.3) is 0 Å². The second kappa shape index (κ2) is 7.24. The molecule has 0 heterocycles. The van der Waals surface area contributed by atoms with Crippen LogP contribution >= 0.6 is 11.6 Å². The van der Waals surface area contributed by atoms with Crippen LogP contribution in [0.25, 0.3) is 0 Å². The Balaban J connectivity index is 2.97. The Labute approximate surface area is 131 Å². The topological polar surface area (TPSA) is 66.5 Å². The van der Waals surface area contributed by atoms with E-state index in [1.807, 2.05) is 20.8 Å². The average Bonchev–Trinajstić information content (AvgIpc) is 2.38. The van der Waals surface area contributed by atoms with E-state index < -0.39 is 16.1 Å². The first kappa shape index (κ1) is 17.9. The summed E-state index contributed by atoms with van der Waals surface area (Å²) in [6.45, 7) is 8.11. The predicted molar refractivity (Wildman–Crippen MR) is 83.9 cm³/mol. The van der Waals surface area contributed by atoms with E-state index in [2.05, 4.69) is 4.72 Å². The van der Waals surface area contributed by atoms with Crippen molar-refractivity contribution < 1.29 is 13.2 Å². The van der Waals surface area contributed by atoms with Gasteiger partial charge in [-0.05, 0) is 45.4 Å². The number of likely N-dealkylation sites (N-methyl/N-ethyl adjacent to an activating group) is 1. The molecule has 1 amide bonds. The molecule has 0 spiro atoms. The molecule has 5 nitrogen and oxygen atoms in total. The first-order chi connectivity index (χ1) is 9.72. The van der Waals surface area contributed by atoms with E-state index in [4.69, 9.17) is 11.6 Å². The van der Waals surface area contributed by atoms with Crippen molar-refractivity contribution in [2.75, 3.05) is 13.1 Å². The summed E-state index contributed by atoms with van der Waals surface area (Å²) in [6.07, 6.45) is 0. The Morgan fingerprint density at radius 1 is 1.33 bits per heavy atom. The van der Waals surface area contributed by atoms with Crippen molar-refractivity contribution in [2.45, 2.75) is 38.6 Å². The highest BCUT2D eigenvalue weighted by molar-refractivity contribution is 7.89. The maximum atomic E-state index is 12.3. The van der Waals surface area contributed by atoms with Crippen LogP contribution in [-0.2, 0) is 14.8 Å². The van der Waals surface area contributed by atoms with Crippen LogP contribution < -0.4 is 4.72 Å². The molecule has 0 fully saturated rings. The molecule has 0 aromatic heterocycles. The monoisotopic (exact) mass is 332 g/mol. The normalized spacial score (nSPS) is 13.0. The fraction of sp³-hybridized carbons (Fsp3) is 0.500. The lowest BCUT2D eigenvalue weighted by Gasteiger charge is -2.23. The van der Waals surface area contributed by atoms with Gasteiger partial charge in [-0.25, -0.2) is 8.42 Å². The summed E-state index contributed by atoms with van der Waals surface area (Å²) >= 11 is 5.98. The molecule has 0 saturated heterocycles. The van der Waals surface area contributed by atoms with E-state index in [-0.39, 0.29) is 15.8 Å². The highest BCUT2D eigenvalue weighted by Crippen LogP contribution is 2.22. The summed E-state index contributed by atoms with van der Waals surface area (Å²) in [4.78, 5) is 13.7. The quantitative estimate of drug-likeness (QED) is 0.868. The van der Waals surface area contributed by atoms with Crippen molar-refractivity contribution in [1.82, 2.24) is 9.62 Å². The van der Waals surface area contributed by atoms with Crippen LogP contribution in [-0.4, -0.2) is 38.4 Å². The maximum absolute atomic E-state index is 12.3. The first-order valence-corrected chi connectivity index (χ1v) is 8.66. The summed E-state index contributed by atoms with van der Waals surface area (Å²) in [6, 6.07) is 3.84. The van der Waals surface area contributed by atoms with Crippen LogP contribution in [0.4, 0.5) is 0 Å². The number of hydrogen-bond donors (Lipinski definition) is 1. The summed E-state index contributed by atoms with van der Waals surface area (Å²) in [5, 5.41) is 0.144. The number of sulfonamides is 1. The third-order valence-corrected chi connectivity index (χ3v) is 5.18. The molecule has 0 aliphatic rings. The zero-order chi connectivity index (χ0) is 16.2. The molecule has 0 aliphatic carbocycles. The number of aryl methyl sites for hydroxylation is 1. The van der Waals surface area contributed by atoms with E-state index in [9.17, 15) is 13.2 Å². The minimum atomic E-state index is -3.83. The van der Waals surface area contributed by atoms with Crippen molar-refractivity contribution in [2.24, 2.45) is 0 Å². The van der Waals surface area contributed by atoms with Crippen LogP contribution in [0.3, 0.4) is 0 Å². The van der Waals surface area contributed by atoms with Gasteiger partial charge in [-0.2, -0.15) is 4.72 Å². The van der Waals surface area contributed by atoms with Gasteiger partial charge in [-0.15, -0.1) is 0 Å². The van der Waals surface area contributed by atoms with Gasteiger partial charge in [0.2, 0.25) is 15.9 Å². The first-order valence-electron chi connectivity index (χ1n) is 6.80. The van der Waals surface area contributed by atoms with Crippen LogP contribution in [0, 0.1) is 6.92 Å². The number of benzene rings is 1. The molecule has 0 aliphatic heterocycles. The molecule has 0 bridgehead atoms. The molecule has 1 N–H and O–H groups in total. The number of carbonyl (C=O) groups excluding carboxylic acids is 1. The number of rotatable bonds is 6. The summed E-state index contributed by atoms with van der Waals surface area (Å²) in [5.74, 6) is -0.258. The number of hydrogen-bond acceptors (Lipinski definition) is 3. The lowest BCUT2D eigenvalue weighted by atomic mass is 10.2. The molecule has 0 unspecified atom stereocenters. The summed E-state index contributed by atoms with van der Waals surface area (Å²) < 4.78 is 27.0. The molecule has 0 saturated carbocycles. The van der Waals surface area contributed by atoms with Gasteiger partial charge >= 0.3 is 0 Å². The zero-order valence-corrected chi connectivity index (χ0v) is 14.3. The van der Waals surface area contributed by atoms with Crippen molar-refractivity contribution >= 4 is 27.5 Å². The van der Waals surface area contributed by atoms with E-state index in [0.717, 1.165) is 5.56 Å². The lowest BCUT2D eigenvalue weighted by Crippen LogP contribution is -2.46. The Morgan fingerprint density at radius 3 is 2.38 bits per heavy atom. The SMILES string of the molecule is CCN(CC)C(=O)[C@@H](C)NS(=O)(=O)c1ccc(C)cc1Cl. The number of nitrogens with one attached hydrogen (secondary N) is 1. The fourth-order valence-electron chi connectivity index (χ4n) is 1.98. The molecular weight excluding hydrogens is 312 g/mol. The van der Waals surface area contributed by atoms with Gasteiger partial charge in [0.1, 0.15) is 4.90 Å². The van der Waals surface area contributed by atoms with E-state index in [1.165, 1.54) is 13.0 Å². The molecule has 1 aromatic rings. The third-order valence-electron chi connectivity index (χ3n) is 3.15. The number of amides is 1. The van der Waals surface area contributed by atoms with Gasteiger partial charge < -0.3 is 4.90 Å². The van der Waals surface area contributed by atoms with Gasteiger partial charge in [0, 0.05) is 13.1 Å². The number of carbonyl (C=O) groups is 1. The fourth-order valence-corrected chi connectivity index (χ4v) is 3.78. The number of nitrogens with zero attached hydrogens (tertiary/aromatic N) is 1. The smallest absolute Gasteiger partial charge is 0.242 e. The second-order valence-electron chi connectivity index (χ2n) is 4.79. The molecule has 21 heavy (non-hydrogen) atoms. The van der Waals surface area contributed by atoms with Crippen molar-refractivity contribution in [3.63, 3.8) is 0 Å². The summed E-state index contributed by atoms with van der Waals surface area (Å²) in [5.41, 5.74) is 0.867. The minimum absolute atomic E-state index is 0.0195. The molecular formula is C14H21ClN2O3S. The minimum Gasteiger partial charge on any atom is -0.342 e. The van der Waals surface area contributed by atoms with Gasteiger partial charge in [0.05, 0.1) is 11.1 Å². The maximum Gasteiger partial charge on any atom is 0.242 e. The highest BCUT2D eigenvalue weighted by Gasteiger charge is 2.26. The van der Waals surface area contributed by atoms with Crippen LogP contribution in [0.15, 0.2) is 23.1 Å². The Bertz CT molecular complexity index is 613. The largest absolute Gasteiger partial charge is 0.342 e. The molecule has 118 valence electrons. The Hall–Kier alpha value is -1.11. The Morgan fingerprint density at radius 2 is 1.90 bits per heavy atom. The second-order valence-corrected chi connectivity index (χ2v) is 6.88. The standard InChI is InChI=1S/C14H21ClN2O3S/c1-5-17(6-2)14(18)11(4)16-21(19,20)13-8-7-10(3)9-12(13)15/h7-9,11,16H,5-6H2,1-4H3/t11-/m1/s1. The van der Waals surface area contributed by atoms with Gasteiger partial charge in [0.15, 0.2) is 0 Å². The molecule has 7 heteroatoms. The molecule has 1 rings (SSSR count). The lowest BCUT2D eigenvalue weighted by molar-refractivity contribution is -0.132. The number of halogens is 1. The van der Waals surface area contributed by atoms with Crippen LogP contribution in [0.1, 0.15) is 26.3 Å². The van der Waals surface area contributed by atoms with E-state index >= 15 is 0 Å². The highest BCUT2D eigenvalue weighted by atomic mass is 35.5. The molecule has 0 radical (unpaired) electrons. The zero-order valence-electron chi connectivity index (χ0n) is 12.7. The molecule has 1 aromatic carbocycles. The summed E-state index contributed by atoms with van der Waals surface area (Å²) in [7, 11) is -3.83. The van der Waals surface area contributed by atoms with E-state index in [1.54, 1.807) is 17.0 Å². The predicted octanol–water partition coefficient (Wildman–Crippen LogP) is 2.18.